The smallest absolute Gasteiger partial charge is 0.312 e. The number of nitrogens with zero attached hydrogens (tertiary/aromatic N) is 1. The fourth-order valence-electron chi connectivity index (χ4n) is 1.17. The number of nitrogens with two attached hydrogens (primary N) is 1. The Balaban J connectivity index is 2.68. The van der Waals surface area contributed by atoms with E-state index in [2.05, 4.69) is 15.9 Å². The summed E-state index contributed by atoms with van der Waals surface area (Å²) in [6, 6.07) is 2.02. The van der Waals surface area contributed by atoms with E-state index >= 15 is 0 Å². The molecule has 18 heavy (non-hydrogen) atoms. The molecule has 100 valence electrons. The Kier molecular flexibility index (Phi) is 5.96. The Labute approximate surface area is 111 Å². The van der Waals surface area contributed by atoms with E-state index in [-0.39, 0.29) is 29.1 Å². The van der Waals surface area contributed by atoms with Crippen LogP contribution in [0.15, 0.2) is 16.6 Å². The maximum absolute atomic E-state index is 13.3. The highest BCUT2D eigenvalue weighted by Crippen LogP contribution is 2.32. The number of nitro benzene ring substituents is 1. The Hall–Kier alpha value is -1.25. The number of hydrogen-bond acceptors (Lipinski definition) is 5. The van der Waals surface area contributed by atoms with E-state index in [4.69, 9.17) is 15.2 Å². The van der Waals surface area contributed by atoms with Gasteiger partial charge in [0.05, 0.1) is 22.6 Å². The third-order valence-electron chi connectivity index (χ3n) is 1.95. The van der Waals surface area contributed by atoms with Gasteiger partial charge in [0.2, 0.25) is 0 Å². The van der Waals surface area contributed by atoms with Crippen molar-refractivity contribution in [1.29, 1.82) is 0 Å². The molecule has 0 aliphatic heterocycles. The number of ether oxygens (including phenoxy) is 2. The zero-order valence-corrected chi connectivity index (χ0v) is 11.0. The van der Waals surface area contributed by atoms with E-state index in [1.165, 1.54) is 0 Å². The molecule has 0 heterocycles. The summed E-state index contributed by atoms with van der Waals surface area (Å²) in [7, 11) is 0. The highest BCUT2D eigenvalue weighted by Gasteiger charge is 2.18. The maximum Gasteiger partial charge on any atom is 0.312 e. The molecule has 8 heteroatoms. The summed E-state index contributed by atoms with van der Waals surface area (Å²) in [5.74, 6) is -0.754. The van der Waals surface area contributed by atoms with Crippen molar-refractivity contribution in [3.05, 3.63) is 32.5 Å². The predicted octanol–water partition coefficient (Wildman–Crippen LogP) is 1.85. The van der Waals surface area contributed by atoms with Crippen LogP contribution in [-0.4, -0.2) is 31.3 Å². The molecule has 0 radical (unpaired) electrons. The molecule has 2 N–H and O–H groups in total. The van der Waals surface area contributed by atoms with Crippen LogP contribution in [0.4, 0.5) is 10.1 Å². The molecule has 1 aromatic rings. The lowest BCUT2D eigenvalue weighted by Crippen LogP contribution is -2.13. The van der Waals surface area contributed by atoms with Crippen LogP contribution in [0.25, 0.3) is 0 Å². The van der Waals surface area contributed by atoms with Crippen molar-refractivity contribution in [1.82, 2.24) is 0 Å². The van der Waals surface area contributed by atoms with E-state index in [1.54, 1.807) is 0 Å². The Bertz CT molecular complexity index is 431. The number of hydrogen-bond donors (Lipinski definition) is 1. The second-order valence-electron chi connectivity index (χ2n) is 3.24. The van der Waals surface area contributed by atoms with Gasteiger partial charge in [-0.1, -0.05) is 0 Å². The Morgan fingerprint density at radius 2 is 2.11 bits per heavy atom. The molecule has 0 bridgehead atoms. The van der Waals surface area contributed by atoms with Gasteiger partial charge in [-0.2, -0.15) is 0 Å². The third-order valence-corrected chi connectivity index (χ3v) is 2.55. The number of rotatable bonds is 7. The minimum atomic E-state index is -0.639. The van der Waals surface area contributed by atoms with E-state index in [0.29, 0.717) is 13.2 Å². The number of nitro groups is 1. The van der Waals surface area contributed by atoms with Crippen molar-refractivity contribution in [2.45, 2.75) is 0 Å². The van der Waals surface area contributed by atoms with Crippen molar-refractivity contribution in [3.8, 4) is 5.75 Å². The minimum Gasteiger partial charge on any atom is -0.484 e. The van der Waals surface area contributed by atoms with E-state index < -0.39 is 10.7 Å². The highest BCUT2D eigenvalue weighted by molar-refractivity contribution is 9.10. The first kappa shape index (κ1) is 14.8. The molecule has 6 nitrogen and oxygen atoms in total. The molecule has 0 spiro atoms. The fraction of sp³-hybridized carbons (Fsp3) is 0.400. The summed E-state index contributed by atoms with van der Waals surface area (Å²) >= 11 is 2.88. The van der Waals surface area contributed by atoms with Crippen molar-refractivity contribution in [3.63, 3.8) is 0 Å². The van der Waals surface area contributed by atoms with Gasteiger partial charge >= 0.3 is 5.69 Å². The molecule has 0 saturated heterocycles. The molecule has 0 unspecified atom stereocenters. The van der Waals surface area contributed by atoms with Gasteiger partial charge in [0.15, 0.2) is 5.75 Å². The zero-order chi connectivity index (χ0) is 13.5. The Morgan fingerprint density at radius 1 is 1.39 bits per heavy atom. The first-order valence-corrected chi connectivity index (χ1v) is 5.89. The van der Waals surface area contributed by atoms with Gasteiger partial charge in [0.1, 0.15) is 12.4 Å². The van der Waals surface area contributed by atoms with E-state index in [0.717, 1.165) is 12.1 Å². The molecule has 1 rings (SSSR count). The molecule has 0 fully saturated rings. The lowest BCUT2D eigenvalue weighted by molar-refractivity contribution is -0.386. The Morgan fingerprint density at radius 3 is 2.72 bits per heavy atom. The quantitative estimate of drug-likeness (QED) is 0.470. The number of halogens is 2. The summed E-state index contributed by atoms with van der Waals surface area (Å²) in [6.07, 6.45) is 0. The average Bonchev–Trinajstić information content (AvgIpc) is 2.32. The number of benzene rings is 1. The van der Waals surface area contributed by atoms with Gasteiger partial charge in [-0.15, -0.1) is 0 Å². The molecule has 0 aromatic heterocycles. The highest BCUT2D eigenvalue weighted by atomic mass is 79.9. The lowest BCUT2D eigenvalue weighted by Gasteiger charge is -2.08. The summed E-state index contributed by atoms with van der Waals surface area (Å²) in [5.41, 5.74) is 4.91. The average molecular weight is 323 g/mol. The van der Waals surface area contributed by atoms with Crippen LogP contribution >= 0.6 is 15.9 Å². The normalized spacial score (nSPS) is 10.4. The van der Waals surface area contributed by atoms with E-state index in [1.807, 2.05) is 0 Å². The fourth-order valence-corrected chi connectivity index (χ4v) is 1.50. The predicted molar refractivity (Wildman–Crippen MR) is 66.1 cm³/mol. The van der Waals surface area contributed by atoms with Crippen molar-refractivity contribution in [2.75, 3.05) is 26.4 Å². The topological polar surface area (TPSA) is 87.6 Å². The minimum absolute atomic E-state index is 0.0148. The summed E-state index contributed by atoms with van der Waals surface area (Å²) in [4.78, 5) is 10.1. The van der Waals surface area contributed by atoms with Gasteiger partial charge in [-0.05, 0) is 15.9 Å². The van der Waals surface area contributed by atoms with Gasteiger partial charge < -0.3 is 15.2 Å². The maximum atomic E-state index is 13.3. The van der Waals surface area contributed by atoms with Crippen LogP contribution in [0.3, 0.4) is 0 Å². The second kappa shape index (κ2) is 7.24. The van der Waals surface area contributed by atoms with Gasteiger partial charge in [-0.25, -0.2) is 4.39 Å². The SMILES string of the molecule is NCCOCCOc1cc(F)c(Br)cc1[N+](=O)[O-]. The summed E-state index contributed by atoms with van der Waals surface area (Å²) < 4.78 is 23.4. The lowest BCUT2D eigenvalue weighted by atomic mass is 10.3. The van der Waals surface area contributed by atoms with Gasteiger partial charge in [-0.3, -0.25) is 10.1 Å². The van der Waals surface area contributed by atoms with Crippen LogP contribution in [0, 0.1) is 15.9 Å². The van der Waals surface area contributed by atoms with Crippen LogP contribution in [-0.2, 0) is 4.74 Å². The first-order valence-electron chi connectivity index (χ1n) is 5.10. The van der Waals surface area contributed by atoms with Crippen LogP contribution in [0.1, 0.15) is 0 Å². The zero-order valence-electron chi connectivity index (χ0n) is 9.40. The standard InChI is InChI=1S/C10H12BrFN2O4/c11-7-5-9(14(15)16)10(6-8(7)12)18-4-3-17-2-1-13/h5-6H,1-4,13H2. The molecular formula is C10H12BrFN2O4. The largest absolute Gasteiger partial charge is 0.484 e. The third kappa shape index (κ3) is 4.21. The van der Waals surface area contributed by atoms with Crippen LogP contribution in [0.2, 0.25) is 0 Å². The summed E-state index contributed by atoms with van der Waals surface area (Å²) in [5, 5.41) is 10.8. The molecule has 0 atom stereocenters. The molecule has 0 saturated carbocycles. The summed E-state index contributed by atoms with van der Waals surface area (Å²) in [6.45, 7) is 1.07. The van der Waals surface area contributed by atoms with Crippen molar-refractivity contribution < 1.29 is 18.8 Å². The molecule has 1 aromatic carbocycles. The monoisotopic (exact) mass is 322 g/mol. The molecule has 0 amide bonds. The second-order valence-corrected chi connectivity index (χ2v) is 4.09. The van der Waals surface area contributed by atoms with E-state index in [9.17, 15) is 14.5 Å². The van der Waals surface area contributed by atoms with Crippen molar-refractivity contribution >= 4 is 21.6 Å². The molecule has 0 aliphatic rings. The van der Waals surface area contributed by atoms with Crippen molar-refractivity contribution in [2.24, 2.45) is 5.73 Å². The van der Waals surface area contributed by atoms with Crippen LogP contribution in [0.5, 0.6) is 5.75 Å². The van der Waals surface area contributed by atoms with Gasteiger partial charge in [0.25, 0.3) is 0 Å². The molecular weight excluding hydrogens is 311 g/mol. The van der Waals surface area contributed by atoms with Crippen LogP contribution < -0.4 is 10.5 Å². The first-order chi connectivity index (χ1) is 8.56. The molecule has 0 aliphatic carbocycles. The van der Waals surface area contributed by atoms with Gasteiger partial charge in [0, 0.05) is 18.7 Å².